The quantitative estimate of drug-likeness (QED) is 0.686. The molecule has 0 atom stereocenters. The molecule has 5 nitrogen and oxygen atoms in total. The molecule has 1 aromatic rings. The first-order valence-corrected chi connectivity index (χ1v) is 6.47. The minimum absolute atomic E-state index is 0.801. The maximum atomic E-state index is 4.12. The molecule has 0 radical (unpaired) electrons. The molecule has 0 bridgehead atoms. The van der Waals surface area contributed by atoms with E-state index >= 15 is 0 Å². The lowest BCUT2D eigenvalue weighted by atomic mass is 10.3. The van der Waals surface area contributed by atoms with Crippen LogP contribution in [-0.4, -0.2) is 45.8 Å². The van der Waals surface area contributed by atoms with Gasteiger partial charge in [-0.3, -0.25) is 0 Å². The summed E-state index contributed by atoms with van der Waals surface area (Å²) >= 11 is 0. The van der Waals surface area contributed by atoms with Crippen molar-refractivity contribution in [2.75, 3.05) is 26.2 Å². The highest BCUT2D eigenvalue weighted by Gasteiger charge is 2.03. The zero-order valence-corrected chi connectivity index (χ0v) is 11.5. The largest absolute Gasteiger partial charge is 0.317 e. The average Bonchev–Trinajstić information content (AvgIpc) is 2.65. The van der Waals surface area contributed by atoms with Gasteiger partial charge in [0.05, 0.1) is 6.54 Å². The van der Waals surface area contributed by atoms with Gasteiger partial charge >= 0.3 is 0 Å². The molecule has 0 aliphatic carbocycles. The highest BCUT2D eigenvalue weighted by Crippen LogP contribution is 1.96. The van der Waals surface area contributed by atoms with E-state index in [1.54, 1.807) is 0 Å². The van der Waals surface area contributed by atoms with Gasteiger partial charge in [-0.1, -0.05) is 13.8 Å². The molecule has 17 heavy (non-hydrogen) atoms. The molecule has 1 heterocycles. The van der Waals surface area contributed by atoms with Crippen LogP contribution in [0.2, 0.25) is 0 Å². The average molecular weight is 239 g/mol. The number of rotatable bonds is 8. The molecule has 0 unspecified atom stereocenters. The first-order valence-electron chi connectivity index (χ1n) is 6.47. The number of nitrogens with zero attached hydrogens (tertiary/aromatic N) is 4. The lowest BCUT2D eigenvalue weighted by Gasteiger charge is -2.17. The Morgan fingerprint density at radius 3 is 2.47 bits per heavy atom. The van der Waals surface area contributed by atoms with Crippen LogP contribution in [0.25, 0.3) is 0 Å². The minimum atomic E-state index is 0.801. The zero-order chi connectivity index (χ0) is 12.7. The van der Waals surface area contributed by atoms with Crippen molar-refractivity contribution in [2.45, 2.75) is 33.7 Å². The van der Waals surface area contributed by atoms with E-state index in [1.807, 2.05) is 18.5 Å². The predicted octanol–water partition coefficient (Wildman–Crippen LogP) is 0.945. The molecule has 0 aromatic carbocycles. The van der Waals surface area contributed by atoms with Gasteiger partial charge in [-0.15, -0.1) is 10.2 Å². The monoisotopic (exact) mass is 239 g/mol. The Hall–Kier alpha value is -0.940. The molecule has 1 aromatic heterocycles. The first kappa shape index (κ1) is 14.1. The van der Waals surface area contributed by atoms with Crippen molar-refractivity contribution in [1.29, 1.82) is 0 Å². The first-order chi connectivity index (χ1) is 8.19. The summed E-state index contributed by atoms with van der Waals surface area (Å²) < 4.78 is 2.03. The lowest BCUT2D eigenvalue weighted by molar-refractivity contribution is 0.297. The Morgan fingerprint density at radius 1 is 1.24 bits per heavy atom. The van der Waals surface area contributed by atoms with Gasteiger partial charge < -0.3 is 14.8 Å². The number of hydrogen-bond donors (Lipinski definition) is 1. The van der Waals surface area contributed by atoms with Gasteiger partial charge in [-0.05, 0) is 39.5 Å². The second-order valence-electron chi connectivity index (χ2n) is 4.28. The van der Waals surface area contributed by atoms with E-state index in [2.05, 4.69) is 34.3 Å². The molecule has 1 rings (SSSR count). The molecule has 0 spiro atoms. The Labute approximate surface area is 104 Å². The standard InChI is InChI=1S/C12H25N5/c1-5-17(6-2)9-7-8-13-10-12-15-14-11(3)16(12)4/h13H,5-10H2,1-4H3. The Morgan fingerprint density at radius 2 is 1.94 bits per heavy atom. The smallest absolute Gasteiger partial charge is 0.146 e. The summed E-state index contributed by atoms with van der Waals surface area (Å²) in [6.07, 6.45) is 1.18. The highest BCUT2D eigenvalue weighted by molar-refractivity contribution is 4.91. The van der Waals surface area contributed by atoms with Crippen molar-refractivity contribution < 1.29 is 0 Å². The third kappa shape index (κ3) is 4.44. The number of aryl methyl sites for hydroxylation is 1. The van der Waals surface area contributed by atoms with Crippen molar-refractivity contribution in [3.8, 4) is 0 Å². The van der Waals surface area contributed by atoms with Crippen LogP contribution in [0.4, 0.5) is 0 Å². The van der Waals surface area contributed by atoms with E-state index in [-0.39, 0.29) is 0 Å². The number of aromatic nitrogens is 3. The van der Waals surface area contributed by atoms with E-state index in [0.29, 0.717) is 0 Å². The third-order valence-electron chi connectivity index (χ3n) is 3.19. The lowest BCUT2D eigenvalue weighted by Crippen LogP contribution is -2.27. The van der Waals surface area contributed by atoms with Gasteiger partial charge in [-0.25, -0.2) is 0 Å². The van der Waals surface area contributed by atoms with E-state index in [0.717, 1.165) is 44.4 Å². The molecule has 0 aliphatic rings. The highest BCUT2D eigenvalue weighted by atomic mass is 15.3. The summed E-state index contributed by atoms with van der Waals surface area (Å²) in [5.74, 6) is 1.97. The fourth-order valence-electron chi connectivity index (χ4n) is 1.77. The molecule has 0 saturated carbocycles. The van der Waals surface area contributed by atoms with Crippen LogP contribution in [0.5, 0.6) is 0 Å². The number of hydrogen-bond acceptors (Lipinski definition) is 4. The fraction of sp³-hybridized carbons (Fsp3) is 0.833. The van der Waals surface area contributed by atoms with Crippen LogP contribution in [-0.2, 0) is 13.6 Å². The summed E-state index contributed by atoms with van der Waals surface area (Å²) in [5.41, 5.74) is 0. The minimum Gasteiger partial charge on any atom is -0.317 e. The van der Waals surface area contributed by atoms with Crippen LogP contribution in [0, 0.1) is 6.92 Å². The molecule has 0 aliphatic heterocycles. The van der Waals surface area contributed by atoms with E-state index in [4.69, 9.17) is 0 Å². The summed E-state index contributed by atoms with van der Waals surface area (Å²) in [6.45, 7) is 11.7. The second-order valence-corrected chi connectivity index (χ2v) is 4.28. The van der Waals surface area contributed by atoms with Crippen LogP contribution in [0.1, 0.15) is 31.9 Å². The molecular formula is C12H25N5. The van der Waals surface area contributed by atoms with Gasteiger partial charge in [0.2, 0.25) is 0 Å². The Kier molecular flexibility index (Phi) is 6.15. The van der Waals surface area contributed by atoms with Crippen LogP contribution in [0.3, 0.4) is 0 Å². The van der Waals surface area contributed by atoms with Gasteiger partial charge in [0, 0.05) is 7.05 Å². The zero-order valence-electron chi connectivity index (χ0n) is 11.5. The van der Waals surface area contributed by atoms with E-state index in [9.17, 15) is 0 Å². The van der Waals surface area contributed by atoms with Crippen LogP contribution < -0.4 is 5.32 Å². The van der Waals surface area contributed by atoms with Crippen molar-refractivity contribution in [3.05, 3.63) is 11.6 Å². The Bertz CT molecular complexity index is 317. The third-order valence-corrected chi connectivity index (χ3v) is 3.19. The summed E-state index contributed by atoms with van der Waals surface area (Å²) in [4.78, 5) is 2.44. The predicted molar refractivity (Wildman–Crippen MR) is 69.9 cm³/mol. The van der Waals surface area contributed by atoms with Gasteiger partial charge in [-0.2, -0.15) is 0 Å². The SMILES string of the molecule is CCN(CC)CCCNCc1nnc(C)n1C. The Balaban J connectivity index is 2.14. The molecule has 0 fully saturated rings. The summed E-state index contributed by atoms with van der Waals surface area (Å²) in [7, 11) is 2.00. The van der Waals surface area contributed by atoms with Crippen LogP contribution >= 0.6 is 0 Å². The van der Waals surface area contributed by atoms with Gasteiger partial charge in [0.25, 0.3) is 0 Å². The van der Waals surface area contributed by atoms with Crippen molar-refractivity contribution in [3.63, 3.8) is 0 Å². The van der Waals surface area contributed by atoms with E-state index < -0.39 is 0 Å². The van der Waals surface area contributed by atoms with Crippen molar-refractivity contribution in [1.82, 2.24) is 25.0 Å². The molecule has 5 heteroatoms. The fourth-order valence-corrected chi connectivity index (χ4v) is 1.77. The molecule has 0 saturated heterocycles. The molecule has 98 valence electrons. The maximum absolute atomic E-state index is 4.12. The van der Waals surface area contributed by atoms with Crippen LogP contribution in [0.15, 0.2) is 0 Å². The van der Waals surface area contributed by atoms with E-state index in [1.165, 1.54) is 6.42 Å². The summed E-state index contributed by atoms with van der Waals surface area (Å²) in [5, 5.41) is 11.6. The second kappa shape index (κ2) is 7.40. The van der Waals surface area contributed by atoms with Crippen molar-refractivity contribution in [2.24, 2.45) is 7.05 Å². The van der Waals surface area contributed by atoms with Crippen molar-refractivity contribution >= 4 is 0 Å². The van der Waals surface area contributed by atoms with Gasteiger partial charge in [0.1, 0.15) is 11.6 Å². The summed E-state index contributed by atoms with van der Waals surface area (Å²) in [6, 6.07) is 0. The molecular weight excluding hydrogens is 214 g/mol. The number of nitrogens with one attached hydrogen (secondary N) is 1. The molecule has 0 amide bonds. The normalized spacial score (nSPS) is 11.4. The maximum Gasteiger partial charge on any atom is 0.146 e. The molecule has 1 N–H and O–H groups in total. The topological polar surface area (TPSA) is 46.0 Å². The van der Waals surface area contributed by atoms with Gasteiger partial charge in [0.15, 0.2) is 0 Å².